The van der Waals surface area contributed by atoms with Crippen LogP contribution in [-0.4, -0.2) is 35.9 Å². The van der Waals surface area contributed by atoms with Gasteiger partial charge in [0.05, 0.1) is 0 Å². The number of rotatable bonds is 8. The quantitative estimate of drug-likeness (QED) is 0.613. The van der Waals surface area contributed by atoms with Gasteiger partial charge in [0, 0.05) is 12.6 Å². The molecule has 0 radical (unpaired) electrons. The Kier molecular flexibility index (Phi) is 6.98. The Morgan fingerprint density at radius 1 is 1.23 bits per heavy atom. The van der Waals surface area contributed by atoms with Gasteiger partial charge in [-0.2, -0.15) is 0 Å². The fourth-order valence-electron chi connectivity index (χ4n) is 1.86. The number of carboxylic acids is 1. The van der Waals surface area contributed by atoms with Crippen LogP contribution in [0.25, 0.3) is 0 Å². The van der Waals surface area contributed by atoms with Crippen molar-refractivity contribution in [2.45, 2.75) is 25.9 Å². The number of carbonyl (C=O) groups is 3. The summed E-state index contributed by atoms with van der Waals surface area (Å²) in [5.41, 5.74) is 1.73. The second kappa shape index (κ2) is 8.74. The van der Waals surface area contributed by atoms with Gasteiger partial charge in [-0.15, -0.1) is 0 Å². The highest BCUT2D eigenvalue weighted by Gasteiger charge is 2.15. The maximum Gasteiger partial charge on any atom is 0.321 e. The number of aliphatic carboxylic acids is 1. The molecule has 0 fully saturated rings. The second-order valence-corrected chi connectivity index (χ2v) is 4.87. The van der Waals surface area contributed by atoms with Crippen LogP contribution in [0.15, 0.2) is 36.4 Å². The smallest absolute Gasteiger partial charge is 0.321 e. The molecule has 6 heteroatoms. The van der Waals surface area contributed by atoms with E-state index in [-0.39, 0.29) is 11.7 Å². The number of carbonyl (C=O) groups excluding carboxylic acids is 2. The van der Waals surface area contributed by atoms with Crippen molar-refractivity contribution in [3.63, 3.8) is 0 Å². The molecule has 0 unspecified atom stereocenters. The molecule has 118 valence electrons. The van der Waals surface area contributed by atoms with Crippen molar-refractivity contribution in [3.8, 4) is 0 Å². The molecular formula is C16H20N2O4. The summed E-state index contributed by atoms with van der Waals surface area (Å²) in [6, 6.07) is 6.70. The average Bonchev–Trinajstić information content (AvgIpc) is 2.48. The molecule has 1 atom stereocenters. The fourth-order valence-corrected chi connectivity index (χ4v) is 1.86. The van der Waals surface area contributed by atoms with E-state index in [2.05, 4.69) is 10.6 Å². The maximum atomic E-state index is 11.5. The Labute approximate surface area is 129 Å². The molecule has 0 aliphatic rings. The van der Waals surface area contributed by atoms with Gasteiger partial charge in [-0.3, -0.25) is 14.4 Å². The summed E-state index contributed by atoms with van der Waals surface area (Å²) in [7, 11) is 1.60. The van der Waals surface area contributed by atoms with Gasteiger partial charge in [-0.1, -0.05) is 24.3 Å². The third kappa shape index (κ3) is 6.32. The molecule has 0 saturated carbocycles. The highest BCUT2D eigenvalue weighted by Crippen LogP contribution is 2.08. The van der Waals surface area contributed by atoms with Gasteiger partial charge < -0.3 is 15.7 Å². The van der Waals surface area contributed by atoms with E-state index < -0.39 is 12.0 Å². The molecule has 0 aliphatic heterocycles. The predicted octanol–water partition coefficient (Wildman–Crippen LogP) is 0.663. The Bertz CT molecular complexity index is 581. The van der Waals surface area contributed by atoms with Gasteiger partial charge in [0.25, 0.3) is 0 Å². The molecule has 22 heavy (non-hydrogen) atoms. The van der Waals surface area contributed by atoms with Crippen molar-refractivity contribution in [3.05, 3.63) is 47.5 Å². The van der Waals surface area contributed by atoms with Crippen LogP contribution in [0.3, 0.4) is 0 Å². The largest absolute Gasteiger partial charge is 0.480 e. The maximum absolute atomic E-state index is 11.5. The van der Waals surface area contributed by atoms with Gasteiger partial charge in [-0.25, -0.2) is 0 Å². The lowest BCUT2D eigenvalue weighted by Gasteiger charge is -2.12. The van der Waals surface area contributed by atoms with Crippen LogP contribution in [0.2, 0.25) is 0 Å². The highest BCUT2D eigenvalue weighted by molar-refractivity contribution is 5.96. The first-order chi connectivity index (χ1) is 10.4. The molecular weight excluding hydrogens is 284 g/mol. The van der Waals surface area contributed by atoms with E-state index >= 15 is 0 Å². The van der Waals surface area contributed by atoms with Crippen LogP contribution in [0.4, 0.5) is 0 Å². The number of carboxylic acid groups (broad SMARTS) is 1. The Hall–Kier alpha value is -2.47. The number of hydrogen-bond acceptors (Lipinski definition) is 4. The Balaban J connectivity index is 2.62. The zero-order valence-corrected chi connectivity index (χ0v) is 12.6. The summed E-state index contributed by atoms with van der Waals surface area (Å²) in [6.45, 7) is 1.68. The van der Waals surface area contributed by atoms with Crippen molar-refractivity contribution in [1.82, 2.24) is 10.6 Å². The third-order valence-electron chi connectivity index (χ3n) is 3.01. The van der Waals surface area contributed by atoms with Crippen LogP contribution in [0, 0.1) is 0 Å². The zero-order valence-electron chi connectivity index (χ0n) is 12.6. The minimum absolute atomic E-state index is 0.191. The molecule has 1 aromatic rings. The van der Waals surface area contributed by atoms with Crippen molar-refractivity contribution in [1.29, 1.82) is 0 Å². The van der Waals surface area contributed by atoms with Crippen LogP contribution in [0.5, 0.6) is 0 Å². The van der Waals surface area contributed by atoms with E-state index in [1.54, 1.807) is 7.05 Å². The molecule has 0 heterocycles. The average molecular weight is 304 g/mol. The molecule has 3 N–H and O–H groups in total. The Morgan fingerprint density at radius 3 is 2.50 bits per heavy atom. The molecule has 0 bridgehead atoms. The normalized spacial score (nSPS) is 12.1. The summed E-state index contributed by atoms with van der Waals surface area (Å²) in [4.78, 5) is 33.2. The predicted molar refractivity (Wildman–Crippen MR) is 82.3 cm³/mol. The second-order valence-electron chi connectivity index (χ2n) is 4.87. The summed E-state index contributed by atoms with van der Waals surface area (Å²) < 4.78 is 0. The highest BCUT2D eigenvalue weighted by atomic mass is 16.4. The summed E-state index contributed by atoms with van der Waals surface area (Å²) >= 11 is 0. The molecule has 1 aromatic carbocycles. The van der Waals surface area contributed by atoms with Crippen molar-refractivity contribution in [2.24, 2.45) is 0 Å². The van der Waals surface area contributed by atoms with Crippen molar-refractivity contribution in [2.75, 3.05) is 7.05 Å². The summed E-state index contributed by atoms with van der Waals surface area (Å²) in [6.07, 6.45) is 2.75. The lowest BCUT2D eigenvalue weighted by molar-refractivity contribution is -0.139. The van der Waals surface area contributed by atoms with E-state index in [1.807, 2.05) is 24.3 Å². The van der Waals surface area contributed by atoms with Crippen LogP contribution >= 0.6 is 0 Å². The lowest BCUT2D eigenvalue weighted by Crippen LogP contribution is -2.35. The monoisotopic (exact) mass is 304 g/mol. The molecule has 0 saturated heterocycles. The van der Waals surface area contributed by atoms with Crippen molar-refractivity contribution < 1.29 is 19.5 Å². The number of nitrogens with one attached hydrogen (secondary N) is 2. The number of ketones is 1. The minimum Gasteiger partial charge on any atom is -0.480 e. The van der Waals surface area contributed by atoms with Gasteiger partial charge in [-0.05, 0) is 37.6 Å². The van der Waals surface area contributed by atoms with E-state index in [9.17, 15) is 14.4 Å². The first kappa shape index (κ1) is 17.6. The summed E-state index contributed by atoms with van der Waals surface area (Å²) in [5.74, 6) is -1.45. The van der Waals surface area contributed by atoms with Crippen LogP contribution in [-0.2, 0) is 27.3 Å². The molecule has 0 aliphatic carbocycles. The van der Waals surface area contributed by atoms with Gasteiger partial charge in [0.15, 0.2) is 5.78 Å². The van der Waals surface area contributed by atoms with Gasteiger partial charge in [0.2, 0.25) is 5.91 Å². The number of benzene rings is 1. The lowest BCUT2D eigenvalue weighted by atomic mass is 10.0. The molecule has 1 amide bonds. The van der Waals surface area contributed by atoms with E-state index in [4.69, 9.17) is 5.11 Å². The zero-order chi connectivity index (χ0) is 16.5. The first-order valence-electron chi connectivity index (χ1n) is 6.86. The summed E-state index contributed by atoms with van der Waals surface area (Å²) in [5, 5.41) is 14.4. The van der Waals surface area contributed by atoms with Gasteiger partial charge in [0.1, 0.15) is 6.04 Å². The molecule has 0 spiro atoms. The Morgan fingerprint density at radius 2 is 1.91 bits per heavy atom. The standard InChI is InChI=1S/C16H20N2O4/c1-11(19)6-7-15(20)18-10-13-5-3-4-12(8-13)9-14(17-2)16(21)22/h3-8,14,17H,9-10H2,1-2H3,(H,18,20)(H,21,22)/b7-6+/t14-/m0/s1. The van der Waals surface area contributed by atoms with Crippen LogP contribution in [0.1, 0.15) is 18.1 Å². The fraction of sp³-hybridized carbons (Fsp3) is 0.312. The topological polar surface area (TPSA) is 95.5 Å². The van der Waals surface area contributed by atoms with E-state index in [0.29, 0.717) is 13.0 Å². The molecule has 1 rings (SSSR count). The molecule has 6 nitrogen and oxygen atoms in total. The number of hydrogen-bond donors (Lipinski definition) is 3. The molecule has 0 aromatic heterocycles. The SMILES string of the molecule is CN[C@@H](Cc1cccc(CNC(=O)/C=C/C(C)=O)c1)C(=O)O. The first-order valence-corrected chi connectivity index (χ1v) is 6.86. The number of amides is 1. The van der Waals surface area contributed by atoms with E-state index in [1.165, 1.54) is 19.1 Å². The van der Waals surface area contributed by atoms with Crippen molar-refractivity contribution >= 4 is 17.7 Å². The van der Waals surface area contributed by atoms with Crippen LogP contribution < -0.4 is 10.6 Å². The van der Waals surface area contributed by atoms with E-state index in [0.717, 1.165) is 11.1 Å². The number of likely N-dealkylation sites (N-methyl/N-ethyl adjacent to an activating group) is 1. The third-order valence-corrected chi connectivity index (χ3v) is 3.01. The van der Waals surface area contributed by atoms with Gasteiger partial charge >= 0.3 is 5.97 Å². The minimum atomic E-state index is -0.907. The number of allylic oxidation sites excluding steroid dienone is 1.